The van der Waals surface area contributed by atoms with Gasteiger partial charge in [0.05, 0.1) is 23.5 Å². The summed E-state index contributed by atoms with van der Waals surface area (Å²) in [5, 5.41) is 10.9. The predicted octanol–water partition coefficient (Wildman–Crippen LogP) is 0.730. The number of carbonyl (C=O) groups is 3. The van der Waals surface area contributed by atoms with E-state index in [-0.39, 0.29) is 29.2 Å². The molecule has 5 nitrogen and oxygen atoms in total. The lowest BCUT2D eigenvalue weighted by Crippen LogP contribution is -2.31. The molecule has 2 fully saturated rings. The minimum absolute atomic E-state index is 0.0297. The van der Waals surface area contributed by atoms with E-state index >= 15 is 0 Å². The molecule has 0 radical (unpaired) electrons. The lowest BCUT2D eigenvalue weighted by Gasteiger charge is -2.19. The van der Waals surface area contributed by atoms with Crippen LogP contribution < -0.4 is 10.0 Å². The molecule has 0 aromatic heterocycles. The van der Waals surface area contributed by atoms with Crippen molar-refractivity contribution < 1.29 is 19.5 Å². The molecule has 2 atom stereocenters. The highest BCUT2D eigenvalue weighted by Crippen LogP contribution is 2.40. The summed E-state index contributed by atoms with van der Waals surface area (Å²) in [7, 11) is 0. The van der Waals surface area contributed by atoms with E-state index in [9.17, 15) is 19.5 Å². The van der Waals surface area contributed by atoms with Gasteiger partial charge in [-0.15, -0.1) is 0 Å². The molecule has 2 amide bonds. The summed E-state index contributed by atoms with van der Waals surface area (Å²) in [6, 6.07) is 5.81. The van der Waals surface area contributed by atoms with Gasteiger partial charge in [0, 0.05) is 0 Å². The van der Waals surface area contributed by atoms with Gasteiger partial charge >= 0.3 is 0 Å². The molecule has 1 aromatic carbocycles. The summed E-state index contributed by atoms with van der Waals surface area (Å²) in [4.78, 5) is 36.8. The summed E-state index contributed by atoms with van der Waals surface area (Å²) < 4.78 is 0. The highest BCUT2D eigenvalue weighted by atomic mass is 16.4. The van der Waals surface area contributed by atoms with E-state index in [0.717, 1.165) is 30.6 Å². The van der Waals surface area contributed by atoms with Crippen molar-refractivity contribution >= 4 is 23.5 Å². The first-order chi connectivity index (χ1) is 9.59. The second-order valence-electron chi connectivity index (χ2n) is 5.35. The molecule has 1 aliphatic heterocycles. The Morgan fingerprint density at radius 3 is 2.25 bits per heavy atom. The van der Waals surface area contributed by atoms with Crippen LogP contribution in [0.5, 0.6) is 0 Å². The monoisotopic (exact) mass is 272 g/mol. The molecule has 0 spiro atoms. The Hall–Kier alpha value is -2.17. The van der Waals surface area contributed by atoms with Gasteiger partial charge in [-0.2, -0.15) is 0 Å². The predicted molar refractivity (Wildman–Crippen MR) is 68.7 cm³/mol. The SMILES string of the molecule is O=C([O-])c1cccc(N2C(=O)[C@H]3CCCC[C@@H]3C2=O)c1. The van der Waals surface area contributed by atoms with Crippen LogP contribution in [0.3, 0.4) is 0 Å². The number of carboxylic acid groups (broad SMARTS) is 1. The van der Waals surface area contributed by atoms with E-state index < -0.39 is 5.97 Å². The normalized spacial score (nSPS) is 25.7. The minimum Gasteiger partial charge on any atom is -0.545 e. The van der Waals surface area contributed by atoms with Gasteiger partial charge in [0.15, 0.2) is 0 Å². The van der Waals surface area contributed by atoms with Gasteiger partial charge in [-0.3, -0.25) is 14.5 Å². The number of amides is 2. The van der Waals surface area contributed by atoms with Gasteiger partial charge < -0.3 is 9.90 Å². The number of nitrogens with zero attached hydrogens (tertiary/aromatic N) is 1. The molecule has 1 aromatic rings. The molecule has 0 unspecified atom stereocenters. The highest BCUT2D eigenvalue weighted by molar-refractivity contribution is 6.22. The van der Waals surface area contributed by atoms with Crippen molar-refractivity contribution in [2.24, 2.45) is 11.8 Å². The lowest BCUT2D eigenvalue weighted by molar-refractivity contribution is -0.255. The Labute approximate surface area is 116 Å². The molecular formula is C15H14NO4-. The van der Waals surface area contributed by atoms with Gasteiger partial charge in [-0.25, -0.2) is 0 Å². The average molecular weight is 272 g/mol. The van der Waals surface area contributed by atoms with Crippen LogP contribution in [0.2, 0.25) is 0 Å². The van der Waals surface area contributed by atoms with E-state index in [0.29, 0.717) is 5.69 Å². The number of benzene rings is 1. The first-order valence-electron chi connectivity index (χ1n) is 6.79. The summed E-state index contributed by atoms with van der Waals surface area (Å²) in [5.74, 6) is -2.18. The van der Waals surface area contributed by atoms with Crippen LogP contribution in [0.25, 0.3) is 0 Å². The largest absolute Gasteiger partial charge is 0.545 e. The molecular weight excluding hydrogens is 258 g/mol. The van der Waals surface area contributed by atoms with Crippen LogP contribution in [0.1, 0.15) is 36.0 Å². The number of imide groups is 1. The van der Waals surface area contributed by atoms with Gasteiger partial charge in [-0.05, 0) is 30.5 Å². The first-order valence-corrected chi connectivity index (χ1v) is 6.79. The summed E-state index contributed by atoms with van der Waals surface area (Å²) in [5.41, 5.74) is 0.300. The zero-order chi connectivity index (χ0) is 14.3. The Balaban J connectivity index is 1.97. The molecule has 2 aliphatic rings. The maximum Gasteiger partial charge on any atom is 0.237 e. The van der Waals surface area contributed by atoms with Crippen molar-refractivity contribution in [3.63, 3.8) is 0 Å². The molecule has 3 rings (SSSR count). The van der Waals surface area contributed by atoms with Crippen molar-refractivity contribution in [1.82, 2.24) is 0 Å². The lowest BCUT2D eigenvalue weighted by atomic mass is 9.81. The van der Waals surface area contributed by atoms with E-state index in [1.807, 2.05) is 0 Å². The summed E-state index contributed by atoms with van der Waals surface area (Å²) in [6.07, 6.45) is 3.41. The number of aromatic carboxylic acids is 1. The fraction of sp³-hybridized carbons (Fsp3) is 0.400. The fourth-order valence-corrected chi connectivity index (χ4v) is 3.19. The van der Waals surface area contributed by atoms with Gasteiger partial charge in [0.25, 0.3) is 0 Å². The molecule has 1 saturated heterocycles. The zero-order valence-corrected chi connectivity index (χ0v) is 10.9. The molecule has 0 bridgehead atoms. The fourth-order valence-electron chi connectivity index (χ4n) is 3.19. The minimum atomic E-state index is -1.32. The van der Waals surface area contributed by atoms with Crippen LogP contribution >= 0.6 is 0 Å². The number of carbonyl (C=O) groups excluding carboxylic acids is 3. The van der Waals surface area contributed by atoms with Crippen LogP contribution in [0.15, 0.2) is 24.3 Å². The topological polar surface area (TPSA) is 77.5 Å². The Bertz CT molecular complexity index is 571. The van der Waals surface area contributed by atoms with Gasteiger partial charge in [-0.1, -0.05) is 25.0 Å². The third kappa shape index (κ3) is 1.90. The van der Waals surface area contributed by atoms with Crippen LogP contribution in [0, 0.1) is 11.8 Å². The Morgan fingerprint density at radius 2 is 1.70 bits per heavy atom. The van der Waals surface area contributed by atoms with E-state index in [4.69, 9.17) is 0 Å². The van der Waals surface area contributed by atoms with Gasteiger partial charge in [0.2, 0.25) is 11.8 Å². The van der Waals surface area contributed by atoms with Crippen LogP contribution in [0.4, 0.5) is 5.69 Å². The average Bonchev–Trinajstić information content (AvgIpc) is 2.72. The quantitative estimate of drug-likeness (QED) is 0.744. The van der Waals surface area contributed by atoms with Crippen LogP contribution in [-0.4, -0.2) is 17.8 Å². The molecule has 20 heavy (non-hydrogen) atoms. The van der Waals surface area contributed by atoms with Crippen molar-refractivity contribution in [2.45, 2.75) is 25.7 Å². The number of hydrogen-bond acceptors (Lipinski definition) is 4. The number of carboxylic acids is 1. The number of rotatable bonds is 2. The summed E-state index contributed by atoms with van der Waals surface area (Å²) >= 11 is 0. The van der Waals surface area contributed by atoms with E-state index in [1.54, 1.807) is 6.07 Å². The Morgan fingerprint density at radius 1 is 1.10 bits per heavy atom. The molecule has 1 aliphatic carbocycles. The third-order valence-electron chi connectivity index (χ3n) is 4.18. The van der Waals surface area contributed by atoms with Crippen molar-refractivity contribution in [3.8, 4) is 0 Å². The number of fused-ring (bicyclic) bond motifs is 1. The molecule has 1 saturated carbocycles. The molecule has 5 heteroatoms. The Kier molecular flexibility index (Phi) is 3.04. The zero-order valence-electron chi connectivity index (χ0n) is 10.9. The first kappa shape index (κ1) is 12.8. The molecule has 0 N–H and O–H groups in total. The molecule has 104 valence electrons. The third-order valence-corrected chi connectivity index (χ3v) is 4.18. The molecule has 1 heterocycles. The number of anilines is 1. The van der Waals surface area contributed by atoms with Crippen molar-refractivity contribution in [3.05, 3.63) is 29.8 Å². The number of hydrogen-bond donors (Lipinski definition) is 0. The van der Waals surface area contributed by atoms with Crippen molar-refractivity contribution in [2.75, 3.05) is 4.90 Å². The second kappa shape index (κ2) is 4.74. The standard InChI is InChI=1S/C15H15NO4/c17-13-11-6-1-2-7-12(11)14(18)16(13)10-5-3-4-9(8-10)15(19)20/h3-5,8,11-12H,1-2,6-7H2,(H,19,20)/p-1/t11-,12-/m0/s1. The maximum absolute atomic E-state index is 12.4. The second-order valence-corrected chi connectivity index (χ2v) is 5.35. The van der Waals surface area contributed by atoms with E-state index in [1.165, 1.54) is 18.2 Å². The van der Waals surface area contributed by atoms with E-state index in [2.05, 4.69) is 0 Å². The summed E-state index contributed by atoms with van der Waals surface area (Å²) in [6.45, 7) is 0. The van der Waals surface area contributed by atoms with Crippen LogP contribution in [-0.2, 0) is 9.59 Å². The highest BCUT2D eigenvalue weighted by Gasteiger charge is 2.48. The smallest absolute Gasteiger partial charge is 0.237 e. The maximum atomic E-state index is 12.4. The van der Waals surface area contributed by atoms with Gasteiger partial charge in [0.1, 0.15) is 0 Å². The van der Waals surface area contributed by atoms with Crippen molar-refractivity contribution in [1.29, 1.82) is 0 Å².